The summed E-state index contributed by atoms with van der Waals surface area (Å²) in [4.78, 5) is 40.9. The molecule has 186 valence electrons. The molecule has 2 saturated heterocycles. The van der Waals surface area contributed by atoms with Gasteiger partial charge in [-0.05, 0) is 49.9 Å². The lowest BCUT2D eigenvalue weighted by atomic mass is 9.73. The van der Waals surface area contributed by atoms with Crippen molar-refractivity contribution in [2.24, 2.45) is 5.92 Å². The third kappa shape index (κ3) is 4.44. The van der Waals surface area contributed by atoms with Gasteiger partial charge in [-0.1, -0.05) is 19.8 Å². The quantitative estimate of drug-likeness (QED) is 0.474. The number of ether oxygens (including phenoxy) is 1. The number of nitrogens with one attached hydrogen (secondary N) is 1. The molecule has 1 saturated carbocycles. The molecule has 2 unspecified atom stereocenters. The van der Waals surface area contributed by atoms with Gasteiger partial charge in [0.1, 0.15) is 5.54 Å². The lowest BCUT2D eigenvalue weighted by molar-refractivity contribution is -0.135. The zero-order chi connectivity index (χ0) is 24.5. The molecule has 4 rings (SSSR count). The minimum Gasteiger partial charge on any atom is -0.462 e. The maximum atomic E-state index is 13.2. The van der Waals surface area contributed by atoms with Crippen molar-refractivity contribution < 1.29 is 27.5 Å². The van der Waals surface area contributed by atoms with Crippen molar-refractivity contribution in [3.63, 3.8) is 0 Å². The van der Waals surface area contributed by atoms with Crippen LogP contribution in [0.2, 0.25) is 0 Å². The van der Waals surface area contributed by atoms with Crippen molar-refractivity contribution in [2.75, 3.05) is 39.5 Å². The molecule has 1 N–H and O–H groups in total. The van der Waals surface area contributed by atoms with Gasteiger partial charge in [0, 0.05) is 26.2 Å². The Morgan fingerprint density at radius 2 is 1.79 bits per heavy atom. The van der Waals surface area contributed by atoms with Crippen LogP contribution < -0.4 is 5.32 Å². The Morgan fingerprint density at radius 1 is 1.12 bits per heavy atom. The topological polar surface area (TPSA) is 116 Å². The number of hydrogen-bond acceptors (Lipinski definition) is 7. The van der Waals surface area contributed by atoms with Crippen LogP contribution in [0.5, 0.6) is 0 Å². The van der Waals surface area contributed by atoms with Crippen LogP contribution in [0.1, 0.15) is 49.9 Å². The molecular weight excluding hydrogens is 460 g/mol. The number of urea groups is 1. The first-order valence-corrected chi connectivity index (χ1v) is 13.3. The molecule has 1 spiro atoms. The van der Waals surface area contributed by atoms with Crippen molar-refractivity contribution >= 4 is 27.9 Å². The van der Waals surface area contributed by atoms with Crippen LogP contribution >= 0.6 is 0 Å². The Labute approximate surface area is 200 Å². The molecule has 2 heterocycles. The summed E-state index contributed by atoms with van der Waals surface area (Å²) in [5.74, 6) is -0.564. The molecule has 11 heteroatoms. The van der Waals surface area contributed by atoms with Crippen molar-refractivity contribution in [2.45, 2.75) is 50.0 Å². The molecule has 0 aromatic heterocycles. The standard InChI is InChI=1S/C23H32N4O6S/c1-3-33-20(28)18-7-9-19(10-8-18)34(31,32)26-14-12-25(13-15-26)16-27-21(29)23(24-22(27)30)11-5-4-6-17(23)2/h7-10,17H,3-6,11-16H2,1-2H3,(H,24,30). The van der Waals surface area contributed by atoms with E-state index in [1.807, 2.05) is 11.8 Å². The van der Waals surface area contributed by atoms with E-state index >= 15 is 0 Å². The number of imide groups is 1. The van der Waals surface area contributed by atoms with Crippen LogP contribution in [0.3, 0.4) is 0 Å². The van der Waals surface area contributed by atoms with E-state index in [9.17, 15) is 22.8 Å². The van der Waals surface area contributed by atoms with Gasteiger partial charge in [0.15, 0.2) is 0 Å². The van der Waals surface area contributed by atoms with E-state index in [1.165, 1.54) is 33.5 Å². The maximum absolute atomic E-state index is 13.2. The average Bonchev–Trinajstić information content (AvgIpc) is 3.06. The highest BCUT2D eigenvalue weighted by Gasteiger charge is 2.55. The molecule has 3 fully saturated rings. The van der Waals surface area contributed by atoms with Gasteiger partial charge in [0.05, 0.1) is 23.7 Å². The number of hydrogen-bond donors (Lipinski definition) is 1. The van der Waals surface area contributed by atoms with E-state index in [1.54, 1.807) is 6.92 Å². The smallest absolute Gasteiger partial charge is 0.338 e. The van der Waals surface area contributed by atoms with Gasteiger partial charge in [-0.25, -0.2) is 22.9 Å². The third-order valence-corrected chi connectivity index (χ3v) is 9.09. The van der Waals surface area contributed by atoms with Crippen molar-refractivity contribution in [1.82, 2.24) is 19.4 Å². The normalized spacial score (nSPS) is 26.6. The summed E-state index contributed by atoms with van der Waals surface area (Å²) in [6.45, 7) is 5.41. The van der Waals surface area contributed by atoms with Gasteiger partial charge in [-0.15, -0.1) is 0 Å². The maximum Gasteiger partial charge on any atom is 0.338 e. The molecular formula is C23H32N4O6S. The fourth-order valence-corrected chi connectivity index (χ4v) is 6.48. The molecule has 1 aromatic carbocycles. The van der Waals surface area contributed by atoms with Crippen LogP contribution in [-0.4, -0.2) is 85.4 Å². The zero-order valence-electron chi connectivity index (χ0n) is 19.7. The van der Waals surface area contributed by atoms with Crippen LogP contribution in [0.15, 0.2) is 29.2 Å². The van der Waals surface area contributed by atoms with E-state index in [0.717, 1.165) is 19.3 Å². The summed E-state index contributed by atoms with van der Waals surface area (Å²) in [7, 11) is -3.72. The second kappa shape index (κ2) is 9.63. The van der Waals surface area contributed by atoms with E-state index < -0.39 is 21.5 Å². The minimum absolute atomic E-state index is 0.0971. The predicted molar refractivity (Wildman–Crippen MR) is 123 cm³/mol. The first-order chi connectivity index (χ1) is 16.2. The summed E-state index contributed by atoms with van der Waals surface area (Å²) in [5, 5.41) is 2.95. The monoisotopic (exact) mass is 492 g/mol. The number of carbonyl (C=O) groups excluding carboxylic acids is 3. The molecule has 3 amide bonds. The Hall–Kier alpha value is -2.50. The summed E-state index contributed by atoms with van der Waals surface area (Å²) in [5.41, 5.74) is -0.500. The summed E-state index contributed by atoms with van der Waals surface area (Å²) in [6.07, 6.45) is 3.56. The van der Waals surface area contributed by atoms with E-state index in [0.29, 0.717) is 25.1 Å². The van der Waals surface area contributed by atoms with Gasteiger partial charge in [-0.3, -0.25) is 9.69 Å². The lowest BCUT2D eigenvalue weighted by Gasteiger charge is -2.38. The number of amides is 3. The lowest BCUT2D eigenvalue weighted by Crippen LogP contribution is -2.55. The van der Waals surface area contributed by atoms with E-state index in [-0.39, 0.29) is 49.1 Å². The molecule has 1 aliphatic carbocycles. The van der Waals surface area contributed by atoms with Gasteiger partial charge < -0.3 is 10.1 Å². The largest absolute Gasteiger partial charge is 0.462 e. The molecule has 10 nitrogen and oxygen atoms in total. The highest BCUT2D eigenvalue weighted by molar-refractivity contribution is 7.89. The molecule has 2 aliphatic heterocycles. The van der Waals surface area contributed by atoms with Crippen LogP contribution in [0.4, 0.5) is 4.79 Å². The Kier molecular flexibility index (Phi) is 6.97. The molecule has 3 aliphatic rings. The molecule has 0 bridgehead atoms. The van der Waals surface area contributed by atoms with Gasteiger partial charge in [-0.2, -0.15) is 4.31 Å². The van der Waals surface area contributed by atoms with Crippen LogP contribution in [0, 0.1) is 5.92 Å². The highest BCUT2D eigenvalue weighted by atomic mass is 32.2. The van der Waals surface area contributed by atoms with Crippen LogP contribution in [0.25, 0.3) is 0 Å². The summed E-state index contributed by atoms with van der Waals surface area (Å²) < 4.78 is 32.4. The fourth-order valence-electron chi connectivity index (χ4n) is 5.06. The van der Waals surface area contributed by atoms with Crippen molar-refractivity contribution in [3.05, 3.63) is 29.8 Å². The number of piperazine rings is 1. The predicted octanol–water partition coefficient (Wildman–Crippen LogP) is 1.63. The Morgan fingerprint density at radius 3 is 2.41 bits per heavy atom. The minimum atomic E-state index is -3.72. The molecule has 1 aromatic rings. The van der Waals surface area contributed by atoms with Gasteiger partial charge >= 0.3 is 12.0 Å². The first-order valence-electron chi connectivity index (χ1n) is 11.8. The fraction of sp³-hybridized carbons (Fsp3) is 0.609. The second-order valence-electron chi connectivity index (χ2n) is 9.19. The Balaban J connectivity index is 1.36. The highest BCUT2D eigenvalue weighted by Crippen LogP contribution is 2.38. The molecule has 2 atom stereocenters. The number of sulfonamides is 1. The summed E-state index contributed by atoms with van der Waals surface area (Å²) in [6, 6.07) is 5.34. The Bertz CT molecular complexity index is 1050. The van der Waals surface area contributed by atoms with Crippen molar-refractivity contribution in [3.8, 4) is 0 Å². The number of benzene rings is 1. The number of esters is 1. The molecule has 34 heavy (non-hydrogen) atoms. The second-order valence-corrected chi connectivity index (χ2v) is 11.1. The third-order valence-electron chi connectivity index (χ3n) is 7.18. The number of rotatable bonds is 6. The zero-order valence-corrected chi connectivity index (χ0v) is 20.5. The number of nitrogens with zero attached hydrogens (tertiary/aromatic N) is 3. The van der Waals surface area contributed by atoms with Crippen molar-refractivity contribution in [1.29, 1.82) is 0 Å². The molecule has 0 radical (unpaired) electrons. The van der Waals surface area contributed by atoms with Gasteiger partial charge in [0.2, 0.25) is 10.0 Å². The SMILES string of the molecule is CCOC(=O)c1ccc(S(=O)(=O)N2CCN(CN3C(=O)NC4(CCCCC4C)C3=O)CC2)cc1. The summed E-state index contributed by atoms with van der Waals surface area (Å²) >= 11 is 0. The van der Waals surface area contributed by atoms with Crippen LogP contribution in [-0.2, 0) is 19.6 Å². The number of carbonyl (C=O) groups is 3. The van der Waals surface area contributed by atoms with E-state index in [2.05, 4.69) is 5.32 Å². The average molecular weight is 493 g/mol. The first kappa shape index (κ1) is 24.6. The van der Waals surface area contributed by atoms with Gasteiger partial charge in [0.25, 0.3) is 5.91 Å². The van der Waals surface area contributed by atoms with E-state index in [4.69, 9.17) is 4.74 Å².